The van der Waals surface area contributed by atoms with Crippen LogP contribution in [0.5, 0.6) is 5.75 Å². The normalized spacial score (nSPS) is 14.2. The van der Waals surface area contributed by atoms with E-state index in [0.717, 1.165) is 6.42 Å². The fourth-order valence-corrected chi connectivity index (χ4v) is 6.71. The van der Waals surface area contributed by atoms with Crippen molar-refractivity contribution in [3.05, 3.63) is 66.0 Å². The number of nitrogens with one attached hydrogen (secondary N) is 1. The monoisotopic (exact) mass is 820 g/mol. The molecule has 2 aromatic rings. The smallest absolute Gasteiger partial charge is 0.422 e. The summed E-state index contributed by atoms with van der Waals surface area (Å²) in [6.45, 7) is 18.7. The number of halogens is 1. The summed E-state index contributed by atoms with van der Waals surface area (Å²) < 4.78 is 75.5. The first kappa shape index (κ1) is 46.3. The maximum Gasteiger partial charge on any atom is 0.422 e. The molecule has 0 radical (unpaired) electrons. The molecule has 1 N–H and O–H groups in total. The first-order chi connectivity index (χ1) is 26.4. The van der Waals surface area contributed by atoms with E-state index in [4.69, 9.17) is 23.7 Å². The summed E-state index contributed by atoms with van der Waals surface area (Å²) in [4.78, 5) is 56.1. The van der Waals surface area contributed by atoms with Gasteiger partial charge in [-0.3, -0.25) is 9.69 Å². The average molecular weight is 821 g/mol. The number of anilines is 2. The predicted octanol–water partition coefficient (Wildman–Crippen LogP) is 7.41. The zero-order chi connectivity index (χ0) is 42.9. The molecule has 0 aromatic heterocycles. The van der Waals surface area contributed by atoms with Crippen LogP contribution in [0.1, 0.15) is 93.2 Å². The standard InChI is InChI=1S/C40H57FN4O11S/c1-12-14-20-43(36(48)55-39(6,7)8)24-28-22-29-30(45(28)37(49)56-40(9,10)11)23-31(53-26-27-18-16-15-17-19-27)34(33(29)41)44(25-32(46)54-38(3,4)5)57(50,51)42-35(47)52-21-13-2/h13,15-19,23,28H,2,12,14,20-22,24-26H2,1,3-11H3,(H,42,47)/t28-/m1/s1. The lowest BCUT2D eigenvalue weighted by Gasteiger charge is -2.33. The minimum atomic E-state index is -5.15. The van der Waals surface area contributed by atoms with E-state index in [-0.39, 0.29) is 44.0 Å². The molecular formula is C40H57FN4O11S. The number of hydrogen-bond acceptors (Lipinski definition) is 11. The van der Waals surface area contributed by atoms with E-state index in [2.05, 4.69) is 6.58 Å². The van der Waals surface area contributed by atoms with E-state index < -0.39 is 81.1 Å². The van der Waals surface area contributed by atoms with Gasteiger partial charge in [0.15, 0.2) is 5.82 Å². The van der Waals surface area contributed by atoms with Gasteiger partial charge in [-0.05, 0) is 74.3 Å². The second kappa shape index (κ2) is 18.9. The van der Waals surface area contributed by atoms with Gasteiger partial charge in [0.05, 0.1) is 11.7 Å². The van der Waals surface area contributed by atoms with Gasteiger partial charge in [-0.15, -0.1) is 0 Å². The third-order valence-corrected chi connectivity index (χ3v) is 9.13. The Morgan fingerprint density at radius 2 is 1.58 bits per heavy atom. The van der Waals surface area contributed by atoms with Gasteiger partial charge in [0.1, 0.15) is 48.0 Å². The van der Waals surface area contributed by atoms with Crippen LogP contribution in [0.3, 0.4) is 0 Å². The molecule has 1 heterocycles. The average Bonchev–Trinajstić information content (AvgIpc) is 3.43. The van der Waals surface area contributed by atoms with Crippen molar-refractivity contribution in [3.8, 4) is 5.75 Å². The molecule has 0 unspecified atom stereocenters. The van der Waals surface area contributed by atoms with Crippen molar-refractivity contribution in [2.24, 2.45) is 0 Å². The topological polar surface area (TPSA) is 170 Å². The fraction of sp³-hybridized carbons (Fsp3) is 0.550. The number of nitrogens with zero attached hydrogens (tertiary/aromatic N) is 3. The highest BCUT2D eigenvalue weighted by atomic mass is 32.2. The molecule has 0 spiro atoms. The maximum absolute atomic E-state index is 17.6. The van der Waals surface area contributed by atoms with Gasteiger partial charge in [-0.1, -0.05) is 56.3 Å². The summed E-state index contributed by atoms with van der Waals surface area (Å²) in [6.07, 6.45) is -0.627. The van der Waals surface area contributed by atoms with Crippen molar-refractivity contribution in [1.29, 1.82) is 0 Å². The molecule has 3 amide bonds. The van der Waals surface area contributed by atoms with Crippen molar-refractivity contribution >= 4 is 45.8 Å². The van der Waals surface area contributed by atoms with Gasteiger partial charge >= 0.3 is 34.5 Å². The van der Waals surface area contributed by atoms with Crippen LogP contribution in [0.15, 0.2) is 49.1 Å². The summed E-state index contributed by atoms with van der Waals surface area (Å²) in [5, 5.41) is 0. The zero-order valence-electron chi connectivity index (χ0n) is 34.6. The summed E-state index contributed by atoms with van der Waals surface area (Å²) in [7, 11) is -5.15. The Kier molecular flexibility index (Phi) is 15.4. The first-order valence-electron chi connectivity index (χ1n) is 18.7. The van der Waals surface area contributed by atoms with Crippen LogP contribution in [-0.2, 0) is 47.0 Å². The lowest BCUT2D eigenvalue weighted by atomic mass is 10.1. The van der Waals surface area contributed by atoms with Crippen LogP contribution < -0.4 is 18.7 Å². The van der Waals surface area contributed by atoms with E-state index in [1.807, 2.05) is 6.92 Å². The minimum Gasteiger partial charge on any atom is -0.487 e. The Labute approximate surface area is 335 Å². The maximum atomic E-state index is 17.6. The number of carbonyl (C=O) groups is 4. The SMILES string of the molecule is C=CCOC(=O)NS(=O)(=O)N(CC(=O)OC(C)(C)C)c1c(OCc2ccccc2)cc2c(c1F)C[C@H](CN(CCCC)C(=O)OC(C)(C)C)N2C(=O)OC(C)(C)C. The number of unbranched alkanes of at least 4 members (excludes halogenated alkanes) is 1. The summed E-state index contributed by atoms with van der Waals surface area (Å²) in [5.74, 6) is -2.68. The van der Waals surface area contributed by atoms with Crippen LogP contribution in [0, 0.1) is 5.82 Å². The van der Waals surface area contributed by atoms with Gasteiger partial charge < -0.3 is 28.6 Å². The number of fused-ring (bicyclic) bond motifs is 1. The number of rotatable bonds is 15. The second-order valence-electron chi connectivity index (χ2n) is 16.4. The molecule has 0 saturated carbocycles. The molecule has 1 aliphatic rings. The Morgan fingerprint density at radius 3 is 2.14 bits per heavy atom. The van der Waals surface area contributed by atoms with Gasteiger partial charge in [0.25, 0.3) is 0 Å². The Hall–Kier alpha value is -5.06. The van der Waals surface area contributed by atoms with E-state index in [9.17, 15) is 27.6 Å². The van der Waals surface area contributed by atoms with Gasteiger partial charge in [-0.2, -0.15) is 8.42 Å². The van der Waals surface area contributed by atoms with Gasteiger partial charge in [0.2, 0.25) is 0 Å². The zero-order valence-corrected chi connectivity index (χ0v) is 35.4. The van der Waals surface area contributed by atoms with E-state index >= 15 is 4.39 Å². The molecule has 316 valence electrons. The van der Waals surface area contributed by atoms with Gasteiger partial charge in [-0.25, -0.2) is 27.8 Å². The summed E-state index contributed by atoms with van der Waals surface area (Å²) >= 11 is 0. The molecule has 17 heteroatoms. The molecule has 0 saturated heterocycles. The Bertz CT molecular complexity index is 1870. The van der Waals surface area contributed by atoms with Crippen molar-refractivity contribution in [1.82, 2.24) is 9.62 Å². The van der Waals surface area contributed by atoms with Crippen LogP contribution in [0.4, 0.5) is 30.1 Å². The Morgan fingerprint density at radius 1 is 0.965 bits per heavy atom. The number of ether oxygens (including phenoxy) is 5. The highest BCUT2D eigenvalue weighted by Gasteiger charge is 2.44. The van der Waals surface area contributed by atoms with Crippen LogP contribution in [0.2, 0.25) is 0 Å². The fourth-order valence-electron chi connectivity index (χ4n) is 5.65. The minimum absolute atomic E-state index is 0.0221. The molecule has 0 bridgehead atoms. The van der Waals surface area contributed by atoms with E-state index in [0.29, 0.717) is 16.3 Å². The van der Waals surface area contributed by atoms with Crippen molar-refractivity contribution in [3.63, 3.8) is 0 Å². The molecule has 57 heavy (non-hydrogen) atoms. The lowest BCUT2D eigenvalue weighted by Crippen LogP contribution is -2.49. The number of amides is 3. The largest absolute Gasteiger partial charge is 0.487 e. The number of esters is 1. The van der Waals surface area contributed by atoms with E-state index in [1.165, 1.54) is 21.9 Å². The third-order valence-electron chi connectivity index (χ3n) is 7.82. The first-order valence-corrected chi connectivity index (χ1v) is 20.1. The predicted molar refractivity (Wildman–Crippen MR) is 213 cm³/mol. The highest BCUT2D eigenvalue weighted by Crippen LogP contribution is 2.46. The number of carbonyl (C=O) groups excluding carboxylic acids is 4. The lowest BCUT2D eigenvalue weighted by molar-refractivity contribution is -0.152. The van der Waals surface area contributed by atoms with Crippen molar-refractivity contribution in [2.45, 2.75) is 118 Å². The number of hydrogen-bond donors (Lipinski definition) is 1. The molecule has 3 rings (SSSR count). The third kappa shape index (κ3) is 13.8. The van der Waals surface area contributed by atoms with Crippen LogP contribution in [-0.4, -0.2) is 86.7 Å². The number of benzene rings is 2. The van der Waals surface area contributed by atoms with Gasteiger partial charge in [0, 0.05) is 31.1 Å². The quantitative estimate of drug-likeness (QED) is 0.108. The van der Waals surface area contributed by atoms with Crippen molar-refractivity contribution < 1.29 is 55.7 Å². The molecular weight excluding hydrogens is 764 g/mol. The van der Waals surface area contributed by atoms with E-state index in [1.54, 1.807) is 97.4 Å². The highest BCUT2D eigenvalue weighted by molar-refractivity contribution is 7.91. The molecule has 0 aliphatic carbocycles. The summed E-state index contributed by atoms with van der Waals surface area (Å²) in [6, 6.07) is 9.04. The molecule has 0 fully saturated rings. The molecule has 2 aromatic carbocycles. The van der Waals surface area contributed by atoms with Crippen molar-refractivity contribution in [2.75, 3.05) is 35.4 Å². The second-order valence-corrected chi connectivity index (χ2v) is 18.0. The molecule has 1 aliphatic heterocycles. The Balaban J connectivity index is 2.33. The molecule has 1 atom stereocenters. The molecule has 15 nitrogen and oxygen atoms in total. The van der Waals surface area contributed by atoms with Crippen LogP contribution in [0.25, 0.3) is 0 Å². The summed E-state index contributed by atoms with van der Waals surface area (Å²) in [5.41, 5.74) is -3.22. The van der Waals surface area contributed by atoms with Crippen LogP contribution >= 0.6 is 0 Å².